The number of halogens is 1. The zero-order chi connectivity index (χ0) is 20.5. The number of imidazole rings is 1. The summed E-state index contributed by atoms with van der Waals surface area (Å²) >= 11 is 6.49. The quantitative estimate of drug-likeness (QED) is 0.519. The molecular formula is C21H24ClN7. The van der Waals surface area contributed by atoms with Crippen LogP contribution in [0.15, 0.2) is 42.9 Å². The molecular weight excluding hydrogens is 386 g/mol. The predicted molar refractivity (Wildman–Crippen MR) is 120 cm³/mol. The third-order valence-corrected chi connectivity index (χ3v) is 5.19. The molecule has 0 aliphatic heterocycles. The molecule has 29 heavy (non-hydrogen) atoms. The number of aromatic nitrogens is 4. The van der Waals surface area contributed by atoms with Gasteiger partial charge in [-0.2, -0.15) is 0 Å². The number of benzene rings is 1. The molecule has 4 aromatic rings. The molecule has 0 fully saturated rings. The molecule has 0 saturated heterocycles. The van der Waals surface area contributed by atoms with Crippen molar-refractivity contribution in [1.29, 1.82) is 0 Å². The summed E-state index contributed by atoms with van der Waals surface area (Å²) in [6.07, 6.45) is 3.57. The number of hydrogen-bond donors (Lipinski definition) is 1. The number of likely N-dealkylation sites (N-methyl/N-ethyl adjacent to an activating group) is 1. The summed E-state index contributed by atoms with van der Waals surface area (Å²) in [6.45, 7) is 3.79. The highest BCUT2D eigenvalue weighted by Crippen LogP contribution is 2.35. The Morgan fingerprint density at radius 3 is 2.69 bits per heavy atom. The maximum Gasteiger partial charge on any atom is 0.166 e. The van der Waals surface area contributed by atoms with Crippen LogP contribution in [0.3, 0.4) is 0 Å². The molecule has 0 bridgehead atoms. The summed E-state index contributed by atoms with van der Waals surface area (Å²) in [5.41, 5.74) is 4.44. The van der Waals surface area contributed by atoms with Gasteiger partial charge in [0, 0.05) is 20.1 Å². The molecule has 3 aromatic heterocycles. The second-order valence-corrected chi connectivity index (χ2v) is 7.73. The van der Waals surface area contributed by atoms with Gasteiger partial charge in [-0.25, -0.2) is 15.0 Å². The lowest BCUT2D eigenvalue weighted by Crippen LogP contribution is -2.21. The second-order valence-electron chi connectivity index (χ2n) is 7.32. The van der Waals surface area contributed by atoms with Gasteiger partial charge >= 0.3 is 0 Å². The summed E-state index contributed by atoms with van der Waals surface area (Å²) in [6, 6.07) is 9.82. The normalized spacial score (nSPS) is 11.5. The van der Waals surface area contributed by atoms with E-state index in [-0.39, 0.29) is 0 Å². The van der Waals surface area contributed by atoms with E-state index in [4.69, 9.17) is 21.6 Å². The summed E-state index contributed by atoms with van der Waals surface area (Å²) in [4.78, 5) is 18.1. The first kappa shape index (κ1) is 19.4. The lowest BCUT2D eigenvalue weighted by atomic mass is 10.2. The van der Waals surface area contributed by atoms with Crippen molar-refractivity contribution in [1.82, 2.24) is 24.3 Å². The van der Waals surface area contributed by atoms with Crippen molar-refractivity contribution in [2.45, 2.75) is 6.92 Å². The lowest BCUT2D eigenvalue weighted by Gasteiger charge is -2.23. The molecule has 1 aromatic carbocycles. The highest BCUT2D eigenvalue weighted by Gasteiger charge is 2.18. The summed E-state index contributed by atoms with van der Waals surface area (Å²) in [7, 11) is 6.07. The fourth-order valence-corrected chi connectivity index (χ4v) is 3.76. The van der Waals surface area contributed by atoms with E-state index in [0.29, 0.717) is 5.02 Å². The number of nitrogens with one attached hydrogen (secondary N) is 1. The Labute approximate surface area is 175 Å². The van der Waals surface area contributed by atoms with Crippen molar-refractivity contribution in [3.63, 3.8) is 0 Å². The number of pyridine rings is 1. The summed E-state index contributed by atoms with van der Waals surface area (Å²) < 4.78 is 1.97. The third kappa shape index (κ3) is 3.71. The van der Waals surface area contributed by atoms with Crippen LogP contribution in [0.1, 0.15) is 5.56 Å². The molecule has 0 radical (unpaired) electrons. The Kier molecular flexibility index (Phi) is 5.25. The number of anilines is 3. The highest BCUT2D eigenvalue weighted by atomic mass is 35.5. The zero-order valence-electron chi connectivity index (χ0n) is 17.0. The minimum absolute atomic E-state index is 0.686. The zero-order valence-corrected chi connectivity index (χ0v) is 17.8. The molecule has 0 aliphatic carbocycles. The Balaban J connectivity index is 1.79. The Morgan fingerprint density at radius 1 is 1.10 bits per heavy atom. The number of aryl methyl sites for hydroxylation is 1. The van der Waals surface area contributed by atoms with Crippen LogP contribution >= 0.6 is 11.6 Å². The summed E-state index contributed by atoms with van der Waals surface area (Å²) in [5.74, 6) is 1.60. The lowest BCUT2D eigenvalue weighted by molar-refractivity contribution is 0.425. The standard InChI is InChI=1S/C21H24ClN7/c1-14-6-5-7-15(22)19(14)28(4)21-17-12-23-13-29(17)20-16(25-21)8-9-18(26-20)24-10-11-27(2)3/h5-9,12-13H,10-11H2,1-4H3,(H,24,26). The SMILES string of the molecule is Cc1cccc(Cl)c1N(C)c1nc2ccc(NCCN(C)C)nc2n2cncc12. The molecule has 4 rings (SSSR count). The second kappa shape index (κ2) is 7.85. The Morgan fingerprint density at radius 2 is 1.93 bits per heavy atom. The van der Waals surface area contributed by atoms with Crippen LogP contribution < -0.4 is 10.2 Å². The van der Waals surface area contributed by atoms with Gasteiger partial charge in [-0.15, -0.1) is 0 Å². The van der Waals surface area contributed by atoms with Gasteiger partial charge in [-0.3, -0.25) is 4.40 Å². The molecule has 3 heterocycles. The number of para-hydroxylation sites is 1. The highest BCUT2D eigenvalue weighted by molar-refractivity contribution is 6.33. The van der Waals surface area contributed by atoms with Crippen LogP contribution in [0.4, 0.5) is 17.3 Å². The van der Waals surface area contributed by atoms with E-state index in [1.54, 1.807) is 12.5 Å². The fraction of sp³-hybridized carbons (Fsp3) is 0.286. The van der Waals surface area contributed by atoms with E-state index in [0.717, 1.165) is 52.7 Å². The van der Waals surface area contributed by atoms with Crippen LogP contribution in [0, 0.1) is 6.92 Å². The van der Waals surface area contributed by atoms with Gasteiger partial charge in [0.25, 0.3) is 0 Å². The van der Waals surface area contributed by atoms with Crippen LogP contribution in [-0.4, -0.2) is 58.5 Å². The monoisotopic (exact) mass is 409 g/mol. The number of fused-ring (bicyclic) bond motifs is 3. The van der Waals surface area contributed by atoms with Gasteiger partial charge in [0.1, 0.15) is 23.2 Å². The molecule has 0 saturated carbocycles. The topological polar surface area (TPSA) is 61.6 Å². The minimum Gasteiger partial charge on any atom is -0.369 e. The van der Waals surface area contributed by atoms with Gasteiger partial charge in [-0.1, -0.05) is 23.7 Å². The fourth-order valence-electron chi connectivity index (χ4n) is 3.41. The van der Waals surface area contributed by atoms with Gasteiger partial charge in [0.15, 0.2) is 11.5 Å². The maximum absolute atomic E-state index is 6.49. The van der Waals surface area contributed by atoms with E-state index in [1.807, 2.05) is 67.7 Å². The molecule has 150 valence electrons. The molecule has 1 N–H and O–H groups in total. The van der Waals surface area contributed by atoms with E-state index in [2.05, 4.69) is 15.2 Å². The molecule has 7 nitrogen and oxygen atoms in total. The Bertz CT molecular complexity index is 1150. The average molecular weight is 410 g/mol. The molecule has 0 unspecified atom stereocenters. The van der Waals surface area contributed by atoms with Crippen LogP contribution in [0.25, 0.3) is 16.7 Å². The molecule has 0 spiro atoms. The van der Waals surface area contributed by atoms with Gasteiger partial charge < -0.3 is 15.1 Å². The minimum atomic E-state index is 0.686. The molecule has 0 aliphatic rings. The first-order valence-electron chi connectivity index (χ1n) is 9.46. The van der Waals surface area contributed by atoms with Crippen molar-refractivity contribution in [3.05, 3.63) is 53.4 Å². The maximum atomic E-state index is 6.49. The van der Waals surface area contributed by atoms with E-state index < -0.39 is 0 Å². The average Bonchev–Trinajstić information content (AvgIpc) is 3.17. The largest absolute Gasteiger partial charge is 0.369 e. The summed E-state index contributed by atoms with van der Waals surface area (Å²) in [5, 5.41) is 4.05. The van der Waals surface area contributed by atoms with Crippen molar-refractivity contribution >= 4 is 45.6 Å². The number of hydrogen-bond acceptors (Lipinski definition) is 6. The number of rotatable bonds is 6. The van der Waals surface area contributed by atoms with Crippen molar-refractivity contribution < 1.29 is 0 Å². The molecule has 0 amide bonds. The van der Waals surface area contributed by atoms with Gasteiger partial charge in [0.05, 0.1) is 16.9 Å². The van der Waals surface area contributed by atoms with Crippen molar-refractivity contribution in [3.8, 4) is 0 Å². The van der Waals surface area contributed by atoms with Gasteiger partial charge in [0.2, 0.25) is 0 Å². The first-order chi connectivity index (χ1) is 14.0. The molecule has 8 heteroatoms. The van der Waals surface area contributed by atoms with E-state index in [9.17, 15) is 0 Å². The van der Waals surface area contributed by atoms with Crippen LogP contribution in [0.5, 0.6) is 0 Å². The predicted octanol–water partition coefficient (Wildman–Crippen LogP) is 3.98. The van der Waals surface area contributed by atoms with Crippen molar-refractivity contribution in [2.75, 3.05) is 44.4 Å². The van der Waals surface area contributed by atoms with Crippen molar-refractivity contribution in [2.24, 2.45) is 0 Å². The first-order valence-corrected chi connectivity index (χ1v) is 9.84. The van der Waals surface area contributed by atoms with Crippen LogP contribution in [-0.2, 0) is 0 Å². The van der Waals surface area contributed by atoms with Gasteiger partial charge in [-0.05, 0) is 44.8 Å². The van der Waals surface area contributed by atoms with E-state index >= 15 is 0 Å². The number of nitrogens with zero attached hydrogens (tertiary/aromatic N) is 6. The third-order valence-electron chi connectivity index (χ3n) is 4.88. The smallest absolute Gasteiger partial charge is 0.166 e. The Hall–Kier alpha value is -2.90. The van der Waals surface area contributed by atoms with Crippen LogP contribution in [0.2, 0.25) is 5.02 Å². The van der Waals surface area contributed by atoms with E-state index in [1.165, 1.54) is 0 Å². The molecule has 0 atom stereocenters.